The first-order valence-electron chi connectivity index (χ1n) is 19.5. The third-order valence-electron chi connectivity index (χ3n) is 10.2. The molecule has 3 N–H and O–H groups in total. The number of carbonyl (C=O) groups excluding carboxylic acids is 1. The Morgan fingerprint density at radius 2 is 1.60 bits per heavy atom. The van der Waals surface area contributed by atoms with Crippen molar-refractivity contribution in [3.05, 3.63) is 172 Å². The molecule has 0 aliphatic carbocycles. The number of nitrogens with zero attached hydrogens (tertiary/aromatic N) is 4. The van der Waals surface area contributed by atoms with Crippen molar-refractivity contribution in [2.45, 2.75) is 28.8 Å². The van der Waals surface area contributed by atoms with E-state index >= 15 is 0 Å². The van der Waals surface area contributed by atoms with Crippen LogP contribution in [0.2, 0.25) is 5.02 Å². The van der Waals surface area contributed by atoms with Gasteiger partial charge in [-0.25, -0.2) is 13.1 Å². The van der Waals surface area contributed by atoms with E-state index in [4.69, 9.17) is 11.6 Å². The van der Waals surface area contributed by atoms with E-state index < -0.39 is 31.4 Å². The Morgan fingerprint density at radius 1 is 0.867 bits per heavy atom. The van der Waals surface area contributed by atoms with E-state index in [1.165, 1.54) is 23.3 Å². The Bertz CT molecular complexity index is 2490. The molecule has 1 aliphatic heterocycles. The van der Waals surface area contributed by atoms with Crippen LogP contribution < -0.4 is 20.3 Å². The SMILES string of the molecule is O=C(NS(=O)(=O)c1ccc(N[C@H](CCNc2cccnc2)CSc2ccccc2)c([N+](=O)[O-])c1)c1ccc(N2CCN(Cc3ccccc3-c3ccc(Cl)cc3)CC2)cc1. The summed E-state index contributed by atoms with van der Waals surface area (Å²) in [6, 6.07) is 40.0. The third-order valence-corrected chi connectivity index (χ3v) is 12.9. The summed E-state index contributed by atoms with van der Waals surface area (Å²) in [5, 5.41) is 19.6. The van der Waals surface area contributed by atoms with Crippen LogP contribution in [0.25, 0.3) is 11.1 Å². The molecule has 1 amide bonds. The van der Waals surface area contributed by atoms with Gasteiger partial charge in [0.2, 0.25) is 0 Å². The molecule has 1 aromatic heterocycles. The lowest BCUT2D eigenvalue weighted by molar-refractivity contribution is -0.384. The van der Waals surface area contributed by atoms with Crippen LogP contribution in [0.1, 0.15) is 22.3 Å². The van der Waals surface area contributed by atoms with E-state index in [2.05, 4.69) is 48.3 Å². The van der Waals surface area contributed by atoms with Crippen LogP contribution in [0.5, 0.6) is 0 Å². The van der Waals surface area contributed by atoms with E-state index in [0.717, 1.165) is 60.6 Å². The van der Waals surface area contributed by atoms with Crippen LogP contribution in [0.4, 0.5) is 22.7 Å². The first kappa shape index (κ1) is 42.2. The Labute approximate surface area is 359 Å². The van der Waals surface area contributed by atoms with E-state index in [1.807, 2.05) is 72.8 Å². The number of nitrogens with one attached hydrogen (secondary N) is 3. The average Bonchev–Trinajstić information content (AvgIpc) is 3.27. The maximum absolute atomic E-state index is 13.4. The number of hydrogen-bond donors (Lipinski definition) is 3. The molecule has 6 aromatic rings. The van der Waals surface area contributed by atoms with Gasteiger partial charge in [-0.15, -0.1) is 11.8 Å². The minimum Gasteiger partial charge on any atom is -0.384 e. The third kappa shape index (κ3) is 11.2. The molecule has 1 atom stereocenters. The van der Waals surface area contributed by atoms with Crippen LogP contribution in [0, 0.1) is 10.1 Å². The number of sulfonamides is 1. The summed E-state index contributed by atoms with van der Waals surface area (Å²) in [6.45, 7) is 4.61. The van der Waals surface area contributed by atoms with Gasteiger partial charge in [-0.05, 0) is 95.9 Å². The van der Waals surface area contributed by atoms with Crippen LogP contribution in [0.3, 0.4) is 0 Å². The van der Waals surface area contributed by atoms with Gasteiger partial charge in [-0.2, -0.15) is 0 Å². The summed E-state index contributed by atoms with van der Waals surface area (Å²) in [4.78, 5) is 34.3. The quantitative estimate of drug-likeness (QED) is 0.0459. The van der Waals surface area contributed by atoms with Crippen LogP contribution in [-0.2, 0) is 16.6 Å². The monoisotopic (exact) mass is 861 g/mol. The number of hydrogen-bond acceptors (Lipinski definition) is 11. The topological polar surface area (TPSA) is 150 Å². The Morgan fingerprint density at radius 3 is 2.32 bits per heavy atom. The van der Waals surface area contributed by atoms with Gasteiger partial charge < -0.3 is 15.5 Å². The summed E-state index contributed by atoms with van der Waals surface area (Å²) >= 11 is 7.73. The molecule has 0 saturated carbocycles. The molecule has 0 unspecified atom stereocenters. The fraction of sp³-hybridized carbons (Fsp3) is 0.200. The summed E-state index contributed by atoms with van der Waals surface area (Å²) < 4.78 is 29.0. The second kappa shape index (κ2) is 19.9. The van der Waals surface area contributed by atoms with Gasteiger partial charge in [0.15, 0.2) is 0 Å². The molecule has 0 radical (unpaired) electrons. The summed E-state index contributed by atoms with van der Waals surface area (Å²) in [7, 11) is -4.46. The maximum Gasteiger partial charge on any atom is 0.293 e. The molecule has 2 heterocycles. The minimum atomic E-state index is -4.46. The van der Waals surface area contributed by atoms with Crippen molar-refractivity contribution < 1.29 is 18.1 Å². The molecule has 308 valence electrons. The first-order chi connectivity index (χ1) is 29.1. The van der Waals surface area contributed by atoms with Crippen LogP contribution in [-0.4, -0.2) is 73.7 Å². The fourth-order valence-corrected chi connectivity index (χ4v) is 9.09. The molecule has 15 heteroatoms. The zero-order chi connectivity index (χ0) is 41.9. The normalized spacial score (nSPS) is 13.7. The van der Waals surface area contributed by atoms with Crippen LogP contribution >= 0.6 is 23.4 Å². The first-order valence-corrected chi connectivity index (χ1v) is 22.3. The number of benzene rings is 5. The van der Waals surface area contributed by atoms with Crippen molar-refractivity contribution >= 4 is 62.0 Å². The fourth-order valence-electron chi connectivity index (χ4n) is 6.98. The number of pyridine rings is 1. The average molecular weight is 862 g/mol. The van der Waals surface area contributed by atoms with E-state index in [9.17, 15) is 23.3 Å². The summed E-state index contributed by atoms with van der Waals surface area (Å²) in [5.74, 6) is -0.253. The van der Waals surface area contributed by atoms with Gasteiger partial charge in [0.05, 0.1) is 15.5 Å². The number of halogens is 1. The lowest BCUT2D eigenvalue weighted by Gasteiger charge is -2.36. The highest BCUT2D eigenvalue weighted by Gasteiger charge is 2.26. The number of amides is 1. The van der Waals surface area contributed by atoms with Gasteiger partial charge in [0, 0.05) is 90.7 Å². The Balaban J connectivity index is 0.959. The number of thioether (sulfide) groups is 1. The predicted octanol–water partition coefficient (Wildman–Crippen LogP) is 8.83. The molecule has 0 bridgehead atoms. The van der Waals surface area contributed by atoms with Gasteiger partial charge in [-0.3, -0.25) is 24.8 Å². The van der Waals surface area contributed by atoms with Crippen molar-refractivity contribution in [1.29, 1.82) is 0 Å². The van der Waals surface area contributed by atoms with Crippen LogP contribution in [0.15, 0.2) is 156 Å². The molecule has 0 spiro atoms. The molecule has 1 saturated heterocycles. The molecule has 7 rings (SSSR count). The second-order valence-corrected chi connectivity index (χ2v) is 17.5. The molecular weight excluding hydrogens is 818 g/mol. The van der Waals surface area contributed by atoms with Crippen molar-refractivity contribution in [2.24, 2.45) is 0 Å². The molecule has 60 heavy (non-hydrogen) atoms. The number of nitro groups is 1. The smallest absolute Gasteiger partial charge is 0.293 e. The number of carbonyl (C=O) groups is 1. The number of rotatable bonds is 17. The lowest BCUT2D eigenvalue weighted by atomic mass is 9.99. The molecular formula is C45H44ClN7O5S2. The number of piperazine rings is 1. The van der Waals surface area contributed by atoms with E-state index in [-0.39, 0.29) is 17.3 Å². The largest absolute Gasteiger partial charge is 0.384 e. The zero-order valence-corrected chi connectivity index (χ0v) is 35.0. The molecule has 1 aliphatic rings. The highest BCUT2D eigenvalue weighted by atomic mass is 35.5. The van der Waals surface area contributed by atoms with Gasteiger partial charge >= 0.3 is 0 Å². The maximum atomic E-state index is 13.4. The van der Waals surface area contributed by atoms with Gasteiger partial charge in [0.25, 0.3) is 21.6 Å². The van der Waals surface area contributed by atoms with Crippen molar-refractivity contribution in [2.75, 3.05) is 54.0 Å². The second-order valence-electron chi connectivity index (χ2n) is 14.3. The van der Waals surface area contributed by atoms with E-state index in [0.29, 0.717) is 23.7 Å². The Kier molecular flexibility index (Phi) is 14.0. The van der Waals surface area contributed by atoms with Crippen molar-refractivity contribution in [3.63, 3.8) is 0 Å². The van der Waals surface area contributed by atoms with Gasteiger partial charge in [0.1, 0.15) is 5.69 Å². The van der Waals surface area contributed by atoms with E-state index in [1.54, 1.807) is 48.4 Å². The zero-order valence-electron chi connectivity index (χ0n) is 32.6. The highest BCUT2D eigenvalue weighted by molar-refractivity contribution is 7.99. The van der Waals surface area contributed by atoms with Gasteiger partial charge in [-0.1, -0.05) is 66.2 Å². The summed E-state index contributed by atoms with van der Waals surface area (Å²) in [6.07, 6.45) is 4.00. The predicted molar refractivity (Wildman–Crippen MR) is 240 cm³/mol. The molecule has 5 aromatic carbocycles. The van der Waals surface area contributed by atoms with Crippen molar-refractivity contribution in [3.8, 4) is 11.1 Å². The van der Waals surface area contributed by atoms with Crippen molar-refractivity contribution in [1.82, 2.24) is 14.6 Å². The lowest BCUT2D eigenvalue weighted by Crippen LogP contribution is -2.46. The summed E-state index contributed by atoms with van der Waals surface area (Å²) in [5.41, 5.74) is 5.21. The molecule has 1 fully saturated rings. The highest BCUT2D eigenvalue weighted by Crippen LogP contribution is 2.31. The number of anilines is 3. The Hall–Kier alpha value is -5.93. The number of nitro benzene ring substituents is 1. The standard InChI is InChI=1S/C45H44ClN7O5S2/c46-36-16-12-33(13-17-36)42-11-5-4-7-35(42)31-51-25-27-52(28-26-51)39-18-14-34(15-19-39)45(54)50-60(57,58)41-20-21-43(44(29-41)53(55)56)49-38(32-59-40-9-2-1-3-10-40)22-24-48-37-8-6-23-47-30-37/h1-21,23,29-30,38,48-49H,22,24-28,31-32H2,(H,50,54)/t38-/m1/s1. The molecule has 12 nitrogen and oxygen atoms in total. The number of aromatic nitrogens is 1. The minimum absolute atomic E-state index is 0.145.